The summed E-state index contributed by atoms with van der Waals surface area (Å²) in [6.45, 7) is 6.35. The van der Waals surface area contributed by atoms with E-state index in [1.807, 2.05) is 57.2 Å². The van der Waals surface area contributed by atoms with Crippen molar-refractivity contribution in [1.29, 1.82) is 0 Å². The summed E-state index contributed by atoms with van der Waals surface area (Å²) >= 11 is 0. The maximum atomic E-state index is 13.4. The zero-order valence-electron chi connectivity index (χ0n) is 17.0. The van der Waals surface area contributed by atoms with Gasteiger partial charge in [-0.15, -0.1) is 0 Å². The van der Waals surface area contributed by atoms with Gasteiger partial charge in [-0.05, 0) is 55.5 Å². The van der Waals surface area contributed by atoms with Crippen LogP contribution in [-0.2, 0) is 4.79 Å². The molecule has 0 unspecified atom stereocenters. The van der Waals surface area contributed by atoms with Crippen LogP contribution in [0, 0.1) is 6.92 Å². The van der Waals surface area contributed by atoms with E-state index >= 15 is 0 Å². The van der Waals surface area contributed by atoms with E-state index in [0.29, 0.717) is 47.7 Å². The monoisotopic (exact) mass is 394 g/mol. The first-order valence-electron chi connectivity index (χ1n) is 9.90. The van der Waals surface area contributed by atoms with E-state index in [1.54, 1.807) is 6.07 Å². The van der Waals surface area contributed by atoms with Crippen LogP contribution >= 0.6 is 0 Å². The van der Waals surface area contributed by atoms with Crippen LogP contribution in [0.2, 0.25) is 0 Å². The molecule has 29 heavy (non-hydrogen) atoms. The number of carbonyl (C=O) groups excluding carboxylic acids is 1. The summed E-state index contributed by atoms with van der Waals surface area (Å²) < 4.78 is 11.5. The molecule has 1 N–H and O–H groups in total. The molecule has 0 atom stereocenters. The summed E-state index contributed by atoms with van der Waals surface area (Å²) in [6.07, 6.45) is 1.39. The number of furan rings is 1. The molecule has 0 radical (unpaired) electrons. The predicted octanol–water partition coefficient (Wildman–Crippen LogP) is 5.73. The number of aryl methyl sites for hydroxylation is 1. The standard InChI is InChI=1S/C24H26O5/c1-15(2)20-14-17(28-13-7-6-10-22(25)26)11-12-18(20)24(27)23-16(3)29-21-9-5-4-8-19(21)23/h4-5,8-9,11-12,14-15H,6-7,10,13H2,1-3H3,(H,25,26). The van der Waals surface area contributed by atoms with Crippen LogP contribution < -0.4 is 4.74 Å². The van der Waals surface area contributed by atoms with Gasteiger partial charge >= 0.3 is 5.97 Å². The molecule has 1 heterocycles. The van der Waals surface area contributed by atoms with Gasteiger partial charge in [0.2, 0.25) is 0 Å². The van der Waals surface area contributed by atoms with E-state index in [-0.39, 0.29) is 18.1 Å². The van der Waals surface area contributed by atoms with E-state index in [0.717, 1.165) is 10.9 Å². The Labute approximate surface area is 170 Å². The van der Waals surface area contributed by atoms with Crippen molar-refractivity contribution in [3.63, 3.8) is 0 Å². The number of hydrogen-bond donors (Lipinski definition) is 1. The van der Waals surface area contributed by atoms with Gasteiger partial charge in [0.25, 0.3) is 0 Å². The molecule has 0 amide bonds. The Morgan fingerprint density at radius 3 is 2.59 bits per heavy atom. The summed E-state index contributed by atoms with van der Waals surface area (Å²) in [5, 5.41) is 9.52. The van der Waals surface area contributed by atoms with E-state index in [4.69, 9.17) is 14.3 Å². The third-order valence-electron chi connectivity index (χ3n) is 4.94. The number of benzene rings is 2. The van der Waals surface area contributed by atoms with Gasteiger partial charge in [-0.2, -0.15) is 0 Å². The Bertz CT molecular complexity index is 1030. The highest BCUT2D eigenvalue weighted by Gasteiger charge is 2.23. The van der Waals surface area contributed by atoms with E-state index < -0.39 is 5.97 Å². The van der Waals surface area contributed by atoms with Crippen LogP contribution in [0.3, 0.4) is 0 Å². The van der Waals surface area contributed by atoms with Crippen LogP contribution in [0.4, 0.5) is 0 Å². The maximum Gasteiger partial charge on any atom is 0.303 e. The van der Waals surface area contributed by atoms with Crippen LogP contribution in [0.5, 0.6) is 5.75 Å². The minimum absolute atomic E-state index is 0.0517. The van der Waals surface area contributed by atoms with Crippen molar-refractivity contribution in [2.75, 3.05) is 6.61 Å². The summed E-state index contributed by atoms with van der Waals surface area (Å²) in [5.74, 6) is 0.600. The first-order valence-corrected chi connectivity index (χ1v) is 9.90. The summed E-state index contributed by atoms with van der Waals surface area (Å²) in [6, 6.07) is 13.1. The number of para-hydroxylation sites is 1. The van der Waals surface area contributed by atoms with Crippen LogP contribution in [0.25, 0.3) is 11.0 Å². The van der Waals surface area contributed by atoms with Gasteiger partial charge in [-0.25, -0.2) is 0 Å². The van der Waals surface area contributed by atoms with Gasteiger partial charge in [0.15, 0.2) is 5.78 Å². The van der Waals surface area contributed by atoms with Crippen molar-refractivity contribution >= 4 is 22.7 Å². The Balaban J connectivity index is 1.84. The molecule has 152 valence electrons. The number of rotatable bonds is 9. The number of fused-ring (bicyclic) bond motifs is 1. The second kappa shape index (κ2) is 8.95. The molecule has 0 aliphatic heterocycles. The predicted molar refractivity (Wildman–Crippen MR) is 112 cm³/mol. The van der Waals surface area contributed by atoms with Crippen LogP contribution in [-0.4, -0.2) is 23.5 Å². The lowest BCUT2D eigenvalue weighted by Crippen LogP contribution is -2.08. The maximum absolute atomic E-state index is 13.4. The quantitative estimate of drug-likeness (QED) is 0.370. The lowest BCUT2D eigenvalue weighted by atomic mass is 9.91. The van der Waals surface area contributed by atoms with Crippen molar-refractivity contribution in [2.24, 2.45) is 0 Å². The van der Waals surface area contributed by atoms with Crippen molar-refractivity contribution in [1.82, 2.24) is 0 Å². The number of carboxylic acids is 1. The third-order valence-corrected chi connectivity index (χ3v) is 4.94. The molecule has 1 aromatic heterocycles. The van der Waals surface area contributed by atoms with Gasteiger partial charge in [0, 0.05) is 17.4 Å². The SMILES string of the molecule is Cc1oc2ccccc2c1C(=O)c1ccc(OCCCCC(=O)O)cc1C(C)C. The van der Waals surface area contributed by atoms with Crippen molar-refractivity contribution in [3.8, 4) is 5.75 Å². The Kier molecular flexibility index (Phi) is 6.37. The molecule has 2 aromatic carbocycles. The van der Waals surface area contributed by atoms with Gasteiger partial charge in [0.05, 0.1) is 12.2 Å². The number of aliphatic carboxylic acids is 1. The first-order chi connectivity index (χ1) is 13.9. The van der Waals surface area contributed by atoms with E-state index in [9.17, 15) is 9.59 Å². The summed E-state index contributed by atoms with van der Waals surface area (Å²) in [7, 11) is 0. The lowest BCUT2D eigenvalue weighted by Gasteiger charge is -2.15. The third kappa shape index (κ3) is 4.67. The Hall–Kier alpha value is -3.08. The minimum atomic E-state index is -0.794. The molecule has 5 heteroatoms. The lowest BCUT2D eigenvalue weighted by molar-refractivity contribution is -0.137. The molecule has 0 fully saturated rings. The average molecular weight is 394 g/mol. The fourth-order valence-electron chi connectivity index (χ4n) is 3.47. The molecule has 3 aromatic rings. The smallest absolute Gasteiger partial charge is 0.303 e. The van der Waals surface area contributed by atoms with E-state index in [1.165, 1.54) is 0 Å². The number of hydrogen-bond acceptors (Lipinski definition) is 4. The van der Waals surface area contributed by atoms with Crippen molar-refractivity contribution in [2.45, 2.75) is 46.0 Å². The first kappa shape index (κ1) is 20.6. The van der Waals surface area contributed by atoms with Crippen molar-refractivity contribution in [3.05, 3.63) is 64.9 Å². The summed E-state index contributed by atoms with van der Waals surface area (Å²) in [4.78, 5) is 24.0. The van der Waals surface area contributed by atoms with Crippen LogP contribution in [0.1, 0.15) is 66.3 Å². The van der Waals surface area contributed by atoms with Gasteiger partial charge in [-0.3, -0.25) is 9.59 Å². The molecule has 0 saturated heterocycles. The number of ketones is 1. The van der Waals surface area contributed by atoms with Gasteiger partial charge in [0.1, 0.15) is 17.1 Å². The second-order valence-electron chi connectivity index (χ2n) is 7.46. The molecule has 0 aliphatic rings. The highest BCUT2D eigenvalue weighted by Crippen LogP contribution is 2.32. The van der Waals surface area contributed by atoms with Crippen molar-refractivity contribution < 1.29 is 23.8 Å². The average Bonchev–Trinajstić information content (AvgIpc) is 3.02. The zero-order chi connectivity index (χ0) is 21.0. The number of carbonyl (C=O) groups is 2. The Morgan fingerprint density at radius 1 is 1.10 bits per heavy atom. The van der Waals surface area contributed by atoms with E-state index in [2.05, 4.69) is 0 Å². The molecule has 0 saturated carbocycles. The molecule has 3 rings (SSSR count). The minimum Gasteiger partial charge on any atom is -0.494 e. The second-order valence-corrected chi connectivity index (χ2v) is 7.46. The summed E-state index contributed by atoms with van der Waals surface area (Å²) in [5.41, 5.74) is 2.88. The largest absolute Gasteiger partial charge is 0.494 e. The highest BCUT2D eigenvalue weighted by atomic mass is 16.5. The van der Waals surface area contributed by atoms with Gasteiger partial charge in [-0.1, -0.05) is 32.0 Å². The fourth-order valence-corrected chi connectivity index (χ4v) is 3.47. The zero-order valence-corrected chi connectivity index (χ0v) is 17.0. The van der Waals surface area contributed by atoms with Gasteiger partial charge < -0.3 is 14.3 Å². The molecule has 0 spiro atoms. The van der Waals surface area contributed by atoms with Crippen LogP contribution in [0.15, 0.2) is 46.9 Å². The normalized spacial score (nSPS) is 11.2. The highest BCUT2D eigenvalue weighted by molar-refractivity contribution is 6.17. The molecule has 5 nitrogen and oxygen atoms in total. The molecular weight excluding hydrogens is 368 g/mol. The molecule has 0 bridgehead atoms. The topological polar surface area (TPSA) is 76.7 Å². The molecular formula is C24H26O5. The number of carboxylic acid groups (broad SMARTS) is 1. The molecule has 0 aliphatic carbocycles. The number of unbranched alkanes of at least 4 members (excludes halogenated alkanes) is 1. The Morgan fingerprint density at radius 2 is 1.86 bits per heavy atom. The number of ether oxygens (including phenoxy) is 1. The fraction of sp³-hybridized carbons (Fsp3) is 0.333.